The van der Waals surface area contributed by atoms with E-state index in [1.54, 1.807) is 0 Å². The molecule has 4 nitrogen and oxygen atoms in total. The van der Waals surface area contributed by atoms with Crippen molar-refractivity contribution in [2.75, 3.05) is 0 Å². The van der Waals surface area contributed by atoms with Crippen molar-refractivity contribution in [3.05, 3.63) is 84.4 Å². The molecule has 6 rings (SSSR count). The van der Waals surface area contributed by atoms with Gasteiger partial charge in [0.2, 0.25) is 11.4 Å². The summed E-state index contributed by atoms with van der Waals surface area (Å²) in [5, 5.41) is 5.25. The third kappa shape index (κ3) is 4.50. The first-order valence-electron chi connectivity index (χ1n) is 12.0. The molecule has 0 aliphatic carbocycles. The highest BCUT2D eigenvalue weighted by Crippen LogP contribution is 2.26. The summed E-state index contributed by atoms with van der Waals surface area (Å²) in [4.78, 5) is 7.23. The molecule has 6 heteroatoms. The quantitative estimate of drug-likeness (QED) is 0.202. The summed E-state index contributed by atoms with van der Waals surface area (Å²) in [6.07, 6.45) is 8.09. The Morgan fingerprint density at radius 1 is 0.543 bits per heavy atom. The monoisotopic (exact) mass is 592 g/mol. The number of hydrogen-bond acceptors (Lipinski definition) is 0. The Kier molecular flexibility index (Phi) is 7.62. The summed E-state index contributed by atoms with van der Waals surface area (Å²) in [7, 11) is 0. The van der Waals surface area contributed by atoms with Crippen LogP contribution in [-0.4, -0.2) is 9.97 Å². The van der Waals surface area contributed by atoms with Gasteiger partial charge in [0.1, 0.15) is 24.1 Å². The Morgan fingerprint density at radius 2 is 0.971 bits per heavy atom. The molecule has 2 N–H and O–H groups in total. The van der Waals surface area contributed by atoms with Crippen LogP contribution in [0.4, 0.5) is 0 Å². The zero-order chi connectivity index (χ0) is 22.4. The lowest BCUT2D eigenvalue weighted by Gasteiger charge is -2.03. The van der Waals surface area contributed by atoms with Gasteiger partial charge in [-0.05, 0) is 18.6 Å². The standard InChI is InChI=1S/C29H28N4.2BrH/c1-20-28-24(22-10-4-6-12-26(22)30-28)14-18-32(20)16-8-3-9-17-33-19-15-25-23-11-5-7-13-27(23)31-29(25)21(33)2;;/h4-7,10-15,18-19H,3,8-9,16-17H2,1-2H3;2*1H. The number of hydrogen-bond donors (Lipinski definition) is 2. The molecule has 0 saturated carbocycles. The maximum absolute atomic E-state index is 3.61. The summed E-state index contributed by atoms with van der Waals surface area (Å²) in [6, 6.07) is 21.6. The summed E-state index contributed by atoms with van der Waals surface area (Å²) < 4.78 is 4.79. The molecule has 180 valence electrons. The zero-order valence-corrected chi connectivity index (χ0v) is 23.3. The summed E-state index contributed by atoms with van der Waals surface area (Å²) in [6.45, 7) is 6.57. The van der Waals surface area contributed by atoms with Gasteiger partial charge < -0.3 is 43.9 Å². The number of rotatable bonds is 6. The Balaban J connectivity index is 0.00000144. The van der Waals surface area contributed by atoms with Crippen LogP contribution in [0, 0.1) is 13.8 Å². The molecule has 6 aromatic rings. The van der Waals surface area contributed by atoms with Crippen molar-refractivity contribution in [2.45, 2.75) is 46.2 Å². The van der Waals surface area contributed by atoms with E-state index in [1.807, 2.05) is 0 Å². The molecule has 0 aliphatic heterocycles. The first kappa shape index (κ1) is 25.4. The van der Waals surface area contributed by atoms with Crippen LogP contribution in [0.2, 0.25) is 0 Å². The number of unbranched alkanes of at least 4 members (excludes halogenated alkanes) is 2. The Hall–Kier alpha value is -2.70. The molecular weight excluding hydrogens is 564 g/mol. The number of para-hydroxylation sites is 2. The normalized spacial score (nSPS) is 11.3. The zero-order valence-electron chi connectivity index (χ0n) is 20.1. The van der Waals surface area contributed by atoms with Gasteiger partial charge in [-0.1, -0.05) is 36.4 Å². The summed E-state index contributed by atoms with van der Waals surface area (Å²) >= 11 is 0. The number of benzene rings is 2. The van der Waals surface area contributed by atoms with Crippen molar-refractivity contribution in [2.24, 2.45) is 0 Å². The van der Waals surface area contributed by atoms with Crippen LogP contribution >= 0.6 is 0 Å². The molecule has 4 heterocycles. The molecular formula is C29H30Br2N4. The second-order valence-corrected chi connectivity index (χ2v) is 9.17. The molecule has 0 atom stereocenters. The molecule has 2 aromatic carbocycles. The molecule has 0 fully saturated rings. The smallest absolute Gasteiger partial charge is 0.202 e. The molecule has 0 aliphatic rings. The highest BCUT2D eigenvalue weighted by atomic mass is 79.9. The number of halogens is 2. The van der Waals surface area contributed by atoms with Crippen molar-refractivity contribution in [3.63, 3.8) is 0 Å². The average Bonchev–Trinajstić information content (AvgIpc) is 3.41. The molecule has 4 aromatic heterocycles. The van der Waals surface area contributed by atoms with Crippen LogP contribution in [0.15, 0.2) is 73.1 Å². The number of aromatic amines is 2. The fourth-order valence-corrected chi connectivity index (χ4v) is 5.31. The topological polar surface area (TPSA) is 39.3 Å². The fourth-order valence-electron chi connectivity index (χ4n) is 5.31. The Labute approximate surface area is 226 Å². The third-order valence-electron chi connectivity index (χ3n) is 7.22. The number of aryl methyl sites for hydroxylation is 4. The number of fused-ring (bicyclic) bond motifs is 6. The van der Waals surface area contributed by atoms with Gasteiger partial charge in [0, 0.05) is 71.4 Å². The van der Waals surface area contributed by atoms with E-state index in [4.69, 9.17) is 0 Å². The van der Waals surface area contributed by atoms with Gasteiger partial charge in [-0.2, -0.15) is 0 Å². The van der Waals surface area contributed by atoms with Crippen molar-refractivity contribution in [3.8, 4) is 0 Å². The van der Waals surface area contributed by atoms with Crippen LogP contribution in [0.3, 0.4) is 0 Å². The highest BCUT2D eigenvalue weighted by Gasteiger charge is 2.16. The van der Waals surface area contributed by atoms with E-state index in [0.29, 0.717) is 0 Å². The molecule has 0 saturated heterocycles. The second kappa shape index (κ2) is 10.5. The van der Waals surface area contributed by atoms with E-state index >= 15 is 0 Å². The predicted octanol–water partition coefficient (Wildman–Crippen LogP) is 0.0259. The van der Waals surface area contributed by atoms with Gasteiger partial charge in [-0.15, -0.1) is 0 Å². The number of nitrogens with one attached hydrogen (secondary N) is 2. The van der Waals surface area contributed by atoms with Crippen molar-refractivity contribution < 1.29 is 43.1 Å². The van der Waals surface area contributed by atoms with Gasteiger partial charge in [-0.25, -0.2) is 9.13 Å². The number of H-pyrrole nitrogens is 2. The second-order valence-electron chi connectivity index (χ2n) is 9.17. The van der Waals surface area contributed by atoms with Crippen LogP contribution < -0.4 is 43.1 Å². The lowest BCUT2D eigenvalue weighted by molar-refractivity contribution is -0.705. The minimum atomic E-state index is 0. The van der Waals surface area contributed by atoms with Gasteiger partial charge in [0.15, 0.2) is 12.4 Å². The molecule has 0 spiro atoms. The van der Waals surface area contributed by atoms with E-state index in [1.165, 1.54) is 74.3 Å². The first-order valence-corrected chi connectivity index (χ1v) is 12.0. The first-order chi connectivity index (χ1) is 16.2. The largest absolute Gasteiger partial charge is 1.00 e. The molecule has 0 bridgehead atoms. The molecule has 35 heavy (non-hydrogen) atoms. The van der Waals surface area contributed by atoms with Crippen LogP contribution in [0.1, 0.15) is 30.7 Å². The molecule has 0 amide bonds. The maximum Gasteiger partial charge on any atom is 0.202 e. The Bertz CT molecular complexity index is 1510. The van der Waals surface area contributed by atoms with Gasteiger partial charge in [-0.3, -0.25) is 0 Å². The number of pyridine rings is 2. The number of nitrogens with zero attached hydrogens (tertiary/aromatic N) is 2. The average molecular weight is 594 g/mol. The summed E-state index contributed by atoms with van der Waals surface area (Å²) in [5.41, 5.74) is 7.59. The van der Waals surface area contributed by atoms with Gasteiger partial charge in [0.05, 0.1) is 0 Å². The van der Waals surface area contributed by atoms with Crippen LogP contribution in [0.25, 0.3) is 43.6 Å². The highest BCUT2D eigenvalue weighted by molar-refractivity contribution is 6.08. The van der Waals surface area contributed by atoms with Crippen molar-refractivity contribution in [1.82, 2.24) is 9.97 Å². The van der Waals surface area contributed by atoms with E-state index < -0.39 is 0 Å². The predicted molar refractivity (Wildman–Crippen MR) is 135 cm³/mol. The lowest BCUT2D eigenvalue weighted by atomic mass is 10.1. The fraction of sp³-hybridized carbons (Fsp3) is 0.241. The van der Waals surface area contributed by atoms with Gasteiger partial charge in [0.25, 0.3) is 0 Å². The van der Waals surface area contributed by atoms with Crippen molar-refractivity contribution >= 4 is 43.6 Å². The van der Waals surface area contributed by atoms with Crippen molar-refractivity contribution in [1.29, 1.82) is 0 Å². The Morgan fingerprint density at radius 3 is 1.43 bits per heavy atom. The van der Waals surface area contributed by atoms with Crippen LogP contribution in [-0.2, 0) is 13.1 Å². The van der Waals surface area contributed by atoms with E-state index in [-0.39, 0.29) is 34.0 Å². The minimum absolute atomic E-state index is 0. The maximum atomic E-state index is 3.61. The van der Waals surface area contributed by atoms with Crippen LogP contribution in [0.5, 0.6) is 0 Å². The molecule has 0 unspecified atom stereocenters. The summed E-state index contributed by atoms with van der Waals surface area (Å²) in [5.74, 6) is 0. The number of aromatic nitrogens is 4. The van der Waals surface area contributed by atoms with Gasteiger partial charge >= 0.3 is 0 Å². The third-order valence-corrected chi connectivity index (χ3v) is 7.22. The minimum Gasteiger partial charge on any atom is -1.00 e. The molecule has 0 radical (unpaired) electrons. The lowest BCUT2D eigenvalue weighted by Crippen LogP contribution is -3.00. The van der Waals surface area contributed by atoms with E-state index in [9.17, 15) is 0 Å². The SMILES string of the molecule is Cc1c2[nH]c3ccccc3c2cc[n+]1CCCCC[n+]1ccc2c([nH]c3ccccc32)c1C.[Br-].[Br-]. The van der Waals surface area contributed by atoms with E-state index in [0.717, 1.165) is 13.1 Å². The van der Waals surface area contributed by atoms with E-state index in [2.05, 4.69) is 106 Å².